The van der Waals surface area contributed by atoms with E-state index in [1.165, 1.54) is 7.11 Å². The molecule has 8 heteroatoms. The van der Waals surface area contributed by atoms with Crippen LogP contribution in [-0.2, 0) is 20.9 Å². The number of hydrogen-bond acceptors (Lipinski definition) is 5. The van der Waals surface area contributed by atoms with Crippen molar-refractivity contribution in [3.63, 3.8) is 0 Å². The summed E-state index contributed by atoms with van der Waals surface area (Å²) in [7, 11) is 1.27. The van der Waals surface area contributed by atoms with Crippen LogP contribution < -0.4 is 5.32 Å². The van der Waals surface area contributed by atoms with Gasteiger partial charge in [0.1, 0.15) is 6.04 Å². The zero-order valence-electron chi connectivity index (χ0n) is 15.1. The summed E-state index contributed by atoms with van der Waals surface area (Å²) in [6.07, 6.45) is 0.423. The van der Waals surface area contributed by atoms with E-state index in [0.717, 1.165) is 5.52 Å². The van der Waals surface area contributed by atoms with Gasteiger partial charge >= 0.3 is 11.9 Å². The van der Waals surface area contributed by atoms with Crippen molar-refractivity contribution in [1.29, 1.82) is 0 Å². The normalized spacial score (nSPS) is 12.2. The lowest BCUT2D eigenvalue weighted by Crippen LogP contribution is -2.45. The fourth-order valence-corrected chi connectivity index (χ4v) is 2.68. The minimum atomic E-state index is -0.878. The molecule has 1 atom stereocenters. The Balaban J connectivity index is 2.29. The molecule has 0 saturated heterocycles. The number of carboxylic acid groups (broad SMARTS) is 1. The van der Waals surface area contributed by atoms with Crippen LogP contribution in [0.2, 0.25) is 0 Å². The number of benzene rings is 1. The van der Waals surface area contributed by atoms with Gasteiger partial charge in [0.05, 0.1) is 12.6 Å². The number of nitrogens with one attached hydrogen (secondary N) is 1. The van der Waals surface area contributed by atoms with E-state index < -0.39 is 23.9 Å². The number of methoxy groups -OCH3 is 1. The minimum absolute atomic E-state index is 0.0213. The first-order valence-corrected chi connectivity index (χ1v) is 8.41. The van der Waals surface area contributed by atoms with Gasteiger partial charge in [0, 0.05) is 18.4 Å². The quantitative estimate of drug-likeness (QED) is 0.694. The lowest BCUT2D eigenvalue weighted by molar-refractivity contribution is -0.144. The maximum atomic E-state index is 12.7. The molecule has 1 aromatic heterocycles. The van der Waals surface area contributed by atoms with Gasteiger partial charge in [0.2, 0.25) is 0 Å². The van der Waals surface area contributed by atoms with E-state index in [-0.39, 0.29) is 18.0 Å². The van der Waals surface area contributed by atoms with Crippen LogP contribution in [0, 0.1) is 5.92 Å². The van der Waals surface area contributed by atoms with Crippen molar-refractivity contribution in [2.45, 2.75) is 39.3 Å². The van der Waals surface area contributed by atoms with Crippen LogP contribution in [0.3, 0.4) is 0 Å². The summed E-state index contributed by atoms with van der Waals surface area (Å²) in [4.78, 5) is 35.3. The van der Waals surface area contributed by atoms with Gasteiger partial charge in [-0.1, -0.05) is 32.0 Å². The highest BCUT2D eigenvalue weighted by Gasteiger charge is 2.27. The van der Waals surface area contributed by atoms with Crippen molar-refractivity contribution in [3.8, 4) is 0 Å². The molecule has 1 heterocycles. The van der Waals surface area contributed by atoms with Crippen LogP contribution in [-0.4, -0.2) is 45.9 Å². The number of nitrogens with zero attached hydrogens (tertiary/aromatic N) is 2. The van der Waals surface area contributed by atoms with E-state index in [1.807, 2.05) is 26.0 Å². The first kappa shape index (κ1) is 19.4. The van der Waals surface area contributed by atoms with Crippen molar-refractivity contribution in [2.24, 2.45) is 5.92 Å². The number of fused-ring (bicyclic) bond motifs is 1. The molecular weight excluding hydrogens is 338 g/mol. The summed E-state index contributed by atoms with van der Waals surface area (Å²) in [5.41, 5.74) is 0.938. The molecule has 0 spiro atoms. The SMILES string of the molecule is COC(=O)[C@@H](NC(=O)c1nn(CCCC(=O)O)c2ccccc12)C(C)C. The molecule has 0 fully saturated rings. The van der Waals surface area contributed by atoms with Crippen molar-refractivity contribution in [1.82, 2.24) is 15.1 Å². The predicted molar refractivity (Wildman–Crippen MR) is 94.7 cm³/mol. The minimum Gasteiger partial charge on any atom is -0.481 e. The van der Waals surface area contributed by atoms with E-state index in [2.05, 4.69) is 10.4 Å². The number of aliphatic carboxylic acids is 1. The van der Waals surface area contributed by atoms with E-state index in [4.69, 9.17) is 9.84 Å². The Morgan fingerprint density at radius 3 is 2.58 bits per heavy atom. The molecule has 0 radical (unpaired) electrons. The highest BCUT2D eigenvalue weighted by atomic mass is 16.5. The van der Waals surface area contributed by atoms with E-state index >= 15 is 0 Å². The van der Waals surface area contributed by atoms with E-state index in [9.17, 15) is 14.4 Å². The van der Waals surface area contributed by atoms with Crippen LogP contribution in [0.25, 0.3) is 10.9 Å². The fourth-order valence-electron chi connectivity index (χ4n) is 2.68. The molecule has 1 amide bonds. The van der Waals surface area contributed by atoms with Crippen LogP contribution in [0.15, 0.2) is 24.3 Å². The summed E-state index contributed by atoms with van der Waals surface area (Å²) in [5.74, 6) is -2.01. The number of hydrogen-bond donors (Lipinski definition) is 2. The molecule has 0 unspecified atom stereocenters. The summed E-state index contributed by atoms with van der Waals surface area (Å²) in [5, 5.41) is 16.5. The lowest BCUT2D eigenvalue weighted by Gasteiger charge is -2.19. The number of aromatic nitrogens is 2. The van der Waals surface area contributed by atoms with Gasteiger partial charge in [-0.05, 0) is 18.4 Å². The van der Waals surface area contributed by atoms with Crippen molar-refractivity contribution in [3.05, 3.63) is 30.0 Å². The highest BCUT2D eigenvalue weighted by Crippen LogP contribution is 2.19. The van der Waals surface area contributed by atoms with Gasteiger partial charge < -0.3 is 15.2 Å². The third-order valence-electron chi connectivity index (χ3n) is 4.04. The Kier molecular flexibility index (Phi) is 6.32. The second-order valence-electron chi connectivity index (χ2n) is 6.30. The summed E-state index contributed by atoms with van der Waals surface area (Å²) in [6.45, 7) is 4.00. The van der Waals surface area contributed by atoms with Crippen molar-refractivity contribution >= 4 is 28.7 Å². The van der Waals surface area contributed by atoms with Crippen molar-refractivity contribution < 1.29 is 24.2 Å². The monoisotopic (exact) mass is 361 g/mol. The number of carbonyl (C=O) groups excluding carboxylic acids is 2. The smallest absolute Gasteiger partial charge is 0.328 e. The molecule has 0 aliphatic carbocycles. The molecule has 0 bridgehead atoms. The average Bonchev–Trinajstić information content (AvgIpc) is 2.97. The number of aryl methyl sites for hydroxylation is 1. The third-order valence-corrected chi connectivity index (χ3v) is 4.04. The number of carboxylic acids is 1. The Hall–Kier alpha value is -2.90. The number of esters is 1. The fraction of sp³-hybridized carbons (Fsp3) is 0.444. The zero-order valence-corrected chi connectivity index (χ0v) is 15.1. The van der Waals surface area contributed by atoms with Gasteiger partial charge in [-0.15, -0.1) is 0 Å². The molecule has 2 aromatic rings. The second kappa shape index (κ2) is 8.46. The van der Waals surface area contributed by atoms with Gasteiger partial charge in [-0.25, -0.2) is 4.79 Å². The summed E-state index contributed by atoms with van der Waals surface area (Å²) >= 11 is 0. The Morgan fingerprint density at radius 2 is 1.96 bits per heavy atom. The molecule has 1 aromatic carbocycles. The van der Waals surface area contributed by atoms with E-state index in [0.29, 0.717) is 18.4 Å². The molecule has 26 heavy (non-hydrogen) atoms. The number of rotatable bonds is 8. The lowest BCUT2D eigenvalue weighted by atomic mass is 10.0. The number of carbonyl (C=O) groups is 3. The zero-order chi connectivity index (χ0) is 19.3. The Labute approximate surface area is 151 Å². The first-order valence-electron chi connectivity index (χ1n) is 8.41. The van der Waals surface area contributed by atoms with Gasteiger partial charge in [-0.2, -0.15) is 5.10 Å². The van der Waals surface area contributed by atoms with E-state index in [1.54, 1.807) is 16.8 Å². The van der Waals surface area contributed by atoms with Crippen molar-refractivity contribution in [2.75, 3.05) is 7.11 Å². The molecule has 0 aliphatic heterocycles. The standard InChI is InChI=1S/C18H23N3O5/c1-11(2)15(18(25)26-3)19-17(24)16-12-7-4-5-8-13(12)21(20-16)10-6-9-14(22)23/h4-5,7-8,11,15H,6,9-10H2,1-3H3,(H,19,24)(H,22,23)/t15-/m0/s1. The summed E-state index contributed by atoms with van der Waals surface area (Å²) < 4.78 is 6.36. The van der Waals surface area contributed by atoms with Crippen LogP contribution in [0.5, 0.6) is 0 Å². The molecular formula is C18H23N3O5. The molecule has 0 aliphatic rings. The molecule has 2 rings (SSSR count). The second-order valence-corrected chi connectivity index (χ2v) is 6.30. The van der Waals surface area contributed by atoms with Gasteiger partial charge in [0.15, 0.2) is 5.69 Å². The molecule has 0 saturated carbocycles. The molecule has 2 N–H and O–H groups in total. The molecule has 140 valence electrons. The number of amides is 1. The third kappa shape index (κ3) is 4.38. The highest BCUT2D eigenvalue weighted by molar-refractivity contribution is 6.06. The largest absolute Gasteiger partial charge is 0.481 e. The topological polar surface area (TPSA) is 111 Å². The first-order chi connectivity index (χ1) is 12.3. The maximum Gasteiger partial charge on any atom is 0.328 e. The maximum absolute atomic E-state index is 12.7. The van der Waals surface area contributed by atoms with Gasteiger partial charge in [-0.3, -0.25) is 14.3 Å². The number of ether oxygens (including phenoxy) is 1. The van der Waals surface area contributed by atoms with Crippen LogP contribution >= 0.6 is 0 Å². The van der Waals surface area contributed by atoms with Gasteiger partial charge in [0.25, 0.3) is 5.91 Å². The summed E-state index contributed by atoms with van der Waals surface area (Å²) in [6, 6.07) is 6.43. The predicted octanol–water partition coefficient (Wildman–Crippen LogP) is 1.83. The van der Waals surface area contributed by atoms with Crippen LogP contribution in [0.4, 0.5) is 0 Å². The molecule has 8 nitrogen and oxygen atoms in total. The van der Waals surface area contributed by atoms with Crippen LogP contribution in [0.1, 0.15) is 37.2 Å². The Morgan fingerprint density at radius 1 is 1.27 bits per heavy atom. The Bertz CT molecular complexity index is 812. The number of para-hydroxylation sites is 1. The average molecular weight is 361 g/mol.